The normalized spacial score (nSPS) is 10.2. The lowest BCUT2D eigenvalue weighted by Crippen LogP contribution is -2.29. The molecule has 2 aromatic carbocycles. The second kappa shape index (κ2) is 8.97. The molecule has 23 heavy (non-hydrogen) atoms. The molecule has 6 heteroatoms. The second-order valence-corrected chi connectivity index (χ2v) is 5.04. The van der Waals surface area contributed by atoms with Crippen LogP contribution in [0.2, 0.25) is 0 Å². The number of benzene rings is 2. The monoisotopic (exact) mass is 314 g/mol. The van der Waals surface area contributed by atoms with Gasteiger partial charge in [0.15, 0.2) is 0 Å². The summed E-state index contributed by atoms with van der Waals surface area (Å²) in [5.41, 5.74) is 1.37. The molecule has 0 aliphatic rings. The third kappa shape index (κ3) is 6.14. The average Bonchev–Trinajstić information content (AvgIpc) is 2.58. The van der Waals surface area contributed by atoms with Gasteiger partial charge in [0, 0.05) is 6.42 Å². The van der Waals surface area contributed by atoms with E-state index in [-0.39, 0.29) is 12.6 Å². The van der Waals surface area contributed by atoms with Crippen LogP contribution >= 0.6 is 0 Å². The summed E-state index contributed by atoms with van der Waals surface area (Å²) in [5.74, 6) is 0.364. The Morgan fingerprint density at radius 3 is 2.35 bits per heavy atom. The molecule has 0 amide bonds. The van der Waals surface area contributed by atoms with Gasteiger partial charge in [-0.2, -0.15) is 0 Å². The van der Waals surface area contributed by atoms with Crippen LogP contribution in [0.15, 0.2) is 54.6 Å². The highest BCUT2D eigenvalue weighted by Crippen LogP contribution is 2.09. The number of hydrogen-bond acceptors (Lipinski definition) is 5. The zero-order valence-corrected chi connectivity index (χ0v) is 12.7. The summed E-state index contributed by atoms with van der Waals surface area (Å²) >= 11 is 0. The van der Waals surface area contributed by atoms with Crippen molar-refractivity contribution in [3.05, 3.63) is 60.2 Å². The van der Waals surface area contributed by atoms with E-state index < -0.39 is 7.12 Å². The zero-order chi connectivity index (χ0) is 16.5. The molecule has 120 valence electrons. The van der Waals surface area contributed by atoms with Crippen molar-refractivity contribution >= 4 is 18.6 Å². The van der Waals surface area contributed by atoms with Gasteiger partial charge < -0.3 is 19.5 Å². The van der Waals surface area contributed by atoms with Crippen molar-refractivity contribution in [3.8, 4) is 5.75 Å². The lowest BCUT2D eigenvalue weighted by Gasteiger charge is -2.07. The van der Waals surface area contributed by atoms with Gasteiger partial charge in [0.2, 0.25) is 0 Å². The molecule has 2 aromatic rings. The Balaban J connectivity index is 1.62. The van der Waals surface area contributed by atoms with E-state index in [2.05, 4.69) is 0 Å². The number of ether oxygens (including phenoxy) is 2. The standard InChI is InChI=1S/C17H19BO5/c19-17(23-13-14-5-2-1-3-6-14)7-4-12-22-16-10-8-15(9-11-16)18(20)21/h1-3,5-6,8-11,20-21H,4,7,12-13H2. The van der Waals surface area contributed by atoms with Gasteiger partial charge in [0.25, 0.3) is 0 Å². The van der Waals surface area contributed by atoms with Crippen LogP contribution in [0, 0.1) is 0 Å². The minimum Gasteiger partial charge on any atom is -0.494 e. The SMILES string of the molecule is O=C(CCCOc1ccc(B(O)O)cc1)OCc1ccccc1. The number of hydrogen-bond donors (Lipinski definition) is 2. The van der Waals surface area contributed by atoms with E-state index >= 15 is 0 Å². The first-order valence-corrected chi connectivity index (χ1v) is 7.43. The van der Waals surface area contributed by atoms with Gasteiger partial charge in [-0.3, -0.25) is 4.79 Å². The van der Waals surface area contributed by atoms with Gasteiger partial charge in [-0.05, 0) is 29.6 Å². The summed E-state index contributed by atoms with van der Waals surface area (Å²) in [4.78, 5) is 11.6. The van der Waals surface area contributed by atoms with Crippen LogP contribution in [0.25, 0.3) is 0 Å². The molecular weight excluding hydrogens is 295 g/mol. The first kappa shape index (κ1) is 17.1. The Bertz CT molecular complexity index is 598. The van der Waals surface area contributed by atoms with E-state index in [0.29, 0.717) is 30.7 Å². The minimum absolute atomic E-state index is 0.254. The molecule has 2 rings (SSSR count). The Kier molecular flexibility index (Phi) is 6.65. The van der Waals surface area contributed by atoms with E-state index in [1.54, 1.807) is 24.3 Å². The van der Waals surface area contributed by atoms with Crippen molar-refractivity contribution in [2.75, 3.05) is 6.61 Å². The highest BCUT2D eigenvalue weighted by molar-refractivity contribution is 6.58. The molecule has 0 saturated heterocycles. The van der Waals surface area contributed by atoms with Crippen molar-refractivity contribution < 1.29 is 24.3 Å². The van der Waals surface area contributed by atoms with Gasteiger partial charge in [-0.25, -0.2) is 0 Å². The summed E-state index contributed by atoms with van der Waals surface area (Å²) in [6, 6.07) is 16.0. The summed E-state index contributed by atoms with van der Waals surface area (Å²) < 4.78 is 10.7. The van der Waals surface area contributed by atoms with E-state index in [4.69, 9.17) is 19.5 Å². The fourth-order valence-electron chi connectivity index (χ4n) is 1.95. The molecule has 0 unspecified atom stereocenters. The smallest absolute Gasteiger partial charge is 0.488 e. The topological polar surface area (TPSA) is 76.0 Å². The summed E-state index contributed by atoms with van der Waals surface area (Å²) in [6.07, 6.45) is 0.846. The molecule has 2 N–H and O–H groups in total. The van der Waals surface area contributed by atoms with Crippen LogP contribution < -0.4 is 10.2 Å². The van der Waals surface area contributed by atoms with Crippen molar-refractivity contribution in [1.29, 1.82) is 0 Å². The number of rotatable bonds is 8. The second-order valence-electron chi connectivity index (χ2n) is 5.04. The predicted molar refractivity (Wildman–Crippen MR) is 87.2 cm³/mol. The van der Waals surface area contributed by atoms with E-state index in [1.807, 2.05) is 30.3 Å². The van der Waals surface area contributed by atoms with Crippen LogP contribution in [-0.2, 0) is 16.1 Å². The van der Waals surface area contributed by atoms with E-state index in [1.165, 1.54) is 0 Å². The van der Waals surface area contributed by atoms with Gasteiger partial charge >= 0.3 is 13.1 Å². The largest absolute Gasteiger partial charge is 0.494 e. The van der Waals surface area contributed by atoms with Gasteiger partial charge in [-0.1, -0.05) is 42.5 Å². The third-order valence-electron chi connectivity index (χ3n) is 3.21. The molecule has 0 radical (unpaired) electrons. The van der Waals surface area contributed by atoms with Crippen LogP contribution in [0.5, 0.6) is 5.75 Å². The summed E-state index contributed by atoms with van der Waals surface area (Å²) in [6.45, 7) is 0.674. The molecule has 0 aliphatic heterocycles. The van der Waals surface area contributed by atoms with Gasteiger partial charge in [-0.15, -0.1) is 0 Å². The molecule has 0 atom stereocenters. The quantitative estimate of drug-likeness (QED) is 0.436. The summed E-state index contributed by atoms with van der Waals surface area (Å²) in [7, 11) is -1.48. The Morgan fingerprint density at radius 2 is 1.70 bits per heavy atom. The number of carbonyl (C=O) groups is 1. The van der Waals surface area contributed by atoms with Crippen LogP contribution in [0.4, 0.5) is 0 Å². The molecule has 0 aliphatic carbocycles. The number of esters is 1. The van der Waals surface area contributed by atoms with Crippen molar-refractivity contribution in [2.45, 2.75) is 19.4 Å². The number of carbonyl (C=O) groups excluding carboxylic acids is 1. The molecular formula is C17H19BO5. The fraction of sp³-hybridized carbons (Fsp3) is 0.235. The van der Waals surface area contributed by atoms with Crippen LogP contribution in [-0.4, -0.2) is 29.7 Å². The maximum Gasteiger partial charge on any atom is 0.488 e. The minimum atomic E-state index is -1.48. The molecule has 0 aromatic heterocycles. The van der Waals surface area contributed by atoms with Gasteiger partial charge in [0.1, 0.15) is 12.4 Å². The zero-order valence-electron chi connectivity index (χ0n) is 12.7. The third-order valence-corrected chi connectivity index (χ3v) is 3.21. The first-order chi connectivity index (χ1) is 11.1. The fourth-order valence-corrected chi connectivity index (χ4v) is 1.95. The molecule has 5 nitrogen and oxygen atoms in total. The van der Waals surface area contributed by atoms with Crippen LogP contribution in [0.1, 0.15) is 18.4 Å². The maximum absolute atomic E-state index is 11.6. The van der Waals surface area contributed by atoms with Crippen molar-refractivity contribution in [1.82, 2.24) is 0 Å². The molecule has 0 heterocycles. The van der Waals surface area contributed by atoms with Gasteiger partial charge in [0.05, 0.1) is 6.61 Å². The Labute approximate surface area is 135 Å². The Morgan fingerprint density at radius 1 is 1.00 bits per heavy atom. The predicted octanol–water partition coefficient (Wildman–Crippen LogP) is 1.27. The summed E-state index contributed by atoms with van der Waals surface area (Å²) in [5, 5.41) is 18.0. The molecule has 0 saturated carbocycles. The maximum atomic E-state index is 11.6. The molecule has 0 bridgehead atoms. The van der Waals surface area contributed by atoms with Crippen molar-refractivity contribution in [3.63, 3.8) is 0 Å². The highest BCUT2D eigenvalue weighted by Gasteiger charge is 2.10. The van der Waals surface area contributed by atoms with Crippen molar-refractivity contribution in [2.24, 2.45) is 0 Å². The average molecular weight is 314 g/mol. The molecule has 0 spiro atoms. The highest BCUT2D eigenvalue weighted by atomic mass is 16.5. The molecule has 0 fully saturated rings. The lowest BCUT2D eigenvalue weighted by atomic mass is 9.80. The van der Waals surface area contributed by atoms with Crippen LogP contribution in [0.3, 0.4) is 0 Å². The Hall–Kier alpha value is -2.31. The lowest BCUT2D eigenvalue weighted by molar-refractivity contribution is -0.145. The van der Waals surface area contributed by atoms with E-state index in [9.17, 15) is 4.79 Å². The first-order valence-electron chi connectivity index (χ1n) is 7.43. The van der Waals surface area contributed by atoms with E-state index in [0.717, 1.165) is 5.56 Å².